The summed E-state index contributed by atoms with van der Waals surface area (Å²) in [4.78, 5) is 41.0. The van der Waals surface area contributed by atoms with E-state index in [1.807, 2.05) is 19.1 Å². The maximum Gasteiger partial charge on any atom is 0.313 e. The van der Waals surface area contributed by atoms with Crippen molar-refractivity contribution < 1.29 is 14.4 Å². The molecular weight excluding hydrogens is 332 g/mol. The average molecular weight is 354 g/mol. The summed E-state index contributed by atoms with van der Waals surface area (Å²) in [6.45, 7) is 4.15. The summed E-state index contributed by atoms with van der Waals surface area (Å²) >= 11 is 0. The minimum atomic E-state index is -0.686. The van der Waals surface area contributed by atoms with Gasteiger partial charge in [-0.2, -0.15) is 0 Å². The summed E-state index contributed by atoms with van der Waals surface area (Å²) in [5.41, 5.74) is 2.16. The van der Waals surface area contributed by atoms with Crippen LogP contribution in [0.1, 0.15) is 19.4 Å². The molecule has 0 atom stereocenters. The fraction of sp³-hybridized carbons (Fsp3) is 0.263. The predicted molar refractivity (Wildman–Crippen MR) is 99.6 cm³/mol. The molecule has 7 nitrogen and oxygen atoms in total. The van der Waals surface area contributed by atoms with E-state index in [1.165, 1.54) is 11.8 Å². The Morgan fingerprint density at radius 1 is 0.962 bits per heavy atom. The molecule has 0 saturated carbocycles. The Morgan fingerprint density at radius 2 is 1.54 bits per heavy atom. The zero-order chi connectivity index (χ0) is 18.9. The molecule has 1 aromatic carbocycles. The Labute approximate surface area is 152 Å². The zero-order valence-electron chi connectivity index (χ0n) is 14.9. The summed E-state index contributed by atoms with van der Waals surface area (Å²) in [5, 5.41) is 5.22. The molecule has 0 radical (unpaired) electrons. The quantitative estimate of drug-likeness (QED) is 0.777. The molecule has 1 aromatic heterocycles. The molecule has 26 heavy (non-hydrogen) atoms. The molecule has 0 aliphatic heterocycles. The number of likely N-dealkylation sites (N-methyl/N-ethyl adjacent to an activating group) is 1. The maximum absolute atomic E-state index is 12.4. The molecule has 0 spiro atoms. The van der Waals surface area contributed by atoms with E-state index < -0.39 is 11.8 Å². The Balaban J connectivity index is 1.92. The third kappa shape index (κ3) is 5.70. The number of nitrogens with one attached hydrogen (secondary N) is 2. The second-order valence-corrected chi connectivity index (χ2v) is 5.70. The van der Waals surface area contributed by atoms with Crippen molar-refractivity contribution in [2.75, 3.05) is 23.7 Å². The lowest BCUT2D eigenvalue weighted by atomic mass is 10.2. The van der Waals surface area contributed by atoms with Gasteiger partial charge < -0.3 is 15.5 Å². The SMILES string of the molecule is CCN(CCc1ccncc1)C(=O)C(=O)Nc1ccc(NC(C)=O)cc1. The number of carbonyl (C=O) groups excluding carboxylic acids is 3. The minimum absolute atomic E-state index is 0.176. The van der Waals surface area contributed by atoms with Gasteiger partial charge in [-0.15, -0.1) is 0 Å². The van der Waals surface area contributed by atoms with Crippen LogP contribution in [-0.4, -0.2) is 40.7 Å². The first-order valence-electron chi connectivity index (χ1n) is 8.36. The fourth-order valence-corrected chi connectivity index (χ4v) is 2.39. The molecule has 0 saturated heterocycles. The van der Waals surface area contributed by atoms with Gasteiger partial charge >= 0.3 is 11.8 Å². The van der Waals surface area contributed by atoms with Gasteiger partial charge in [0.25, 0.3) is 0 Å². The lowest BCUT2D eigenvalue weighted by molar-refractivity contribution is -0.143. The van der Waals surface area contributed by atoms with Crippen molar-refractivity contribution in [3.05, 3.63) is 54.4 Å². The molecular formula is C19H22N4O3. The number of carbonyl (C=O) groups is 3. The molecule has 136 valence electrons. The fourth-order valence-electron chi connectivity index (χ4n) is 2.39. The monoisotopic (exact) mass is 354 g/mol. The first-order chi connectivity index (χ1) is 12.5. The number of rotatable bonds is 6. The van der Waals surface area contributed by atoms with E-state index in [-0.39, 0.29) is 5.91 Å². The van der Waals surface area contributed by atoms with Crippen molar-refractivity contribution in [2.24, 2.45) is 0 Å². The number of nitrogens with zero attached hydrogens (tertiary/aromatic N) is 2. The third-order valence-electron chi connectivity index (χ3n) is 3.75. The molecule has 1 heterocycles. The standard InChI is InChI=1S/C19H22N4O3/c1-3-23(13-10-15-8-11-20-12-9-15)19(26)18(25)22-17-6-4-16(5-7-17)21-14(2)24/h4-9,11-12H,3,10,13H2,1-2H3,(H,21,24)(H,22,25). The number of aromatic nitrogens is 1. The van der Waals surface area contributed by atoms with Gasteiger partial charge in [0.05, 0.1) is 0 Å². The molecule has 3 amide bonds. The molecule has 0 aliphatic rings. The van der Waals surface area contributed by atoms with Crippen LogP contribution in [-0.2, 0) is 20.8 Å². The maximum atomic E-state index is 12.4. The third-order valence-corrected chi connectivity index (χ3v) is 3.75. The van der Waals surface area contributed by atoms with Crippen LogP contribution in [0, 0.1) is 0 Å². The molecule has 2 aromatic rings. The van der Waals surface area contributed by atoms with Gasteiger partial charge in [0.15, 0.2) is 0 Å². The highest BCUT2D eigenvalue weighted by molar-refractivity contribution is 6.39. The molecule has 0 fully saturated rings. The molecule has 7 heteroatoms. The van der Waals surface area contributed by atoms with Crippen molar-refractivity contribution in [2.45, 2.75) is 20.3 Å². The topological polar surface area (TPSA) is 91.4 Å². The second-order valence-electron chi connectivity index (χ2n) is 5.70. The Hall–Kier alpha value is -3.22. The van der Waals surface area contributed by atoms with E-state index in [0.29, 0.717) is 30.9 Å². The van der Waals surface area contributed by atoms with Crippen LogP contribution >= 0.6 is 0 Å². The second kappa shape index (κ2) is 9.31. The summed E-state index contributed by atoms with van der Waals surface area (Å²) in [7, 11) is 0. The van der Waals surface area contributed by atoms with Gasteiger partial charge in [0, 0.05) is 43.8 Å². The zero-order valence-corrected chi connectivity index (χ0v) is 14.9. The van der Waals surface area contributed by atoms with Gasteiger partial charge in [-0.25, -0.2) is 0 Å². The number of hydrogen-bond donors (Lipinski definition) is 2. The van der Waals surface area contributed by atoms with E-state index in [2.05, 4.69) is 15.6 Å². The van der Waals surface area contributed by atoms with Crippen LogP contribution in [0.5, 0.6) is 0 Å². The van der Waals surface area contributed by atoms with Gasteiger partial charge in [-0.05, 0) is 55.3 Å². The summed E-state index contributed by atoms with van der Waals surface area (Å²) in [6.07, 6.45) is 4.05. The normalized spacial score (nSPS) is 10.1. The van der Waals surface area contributed by atoms with Gasteiger partial charge in [0.1, 0.15) is 0 Å². The van der Waals surface area contributed by atoms with Crippen molar-refractivity contribution >= 4 is 29.1 Å². The highest BCUT2D eigenvalue weighted by atomic mass is 16.2. The van der Waals surface area contributed by atoms with E-state index in [1.54, 1.807) is 36.7 Å². The van der Waals surface area contributed by atoms with Crippen LogP contribution in [0.3, 0.4) is 0 Å². The molecule has 2 rings (SSSR count). The smallest absolute Gasteiger partial charge is 0.313 e. The van der Waals surface area contributed by atoms with Crippen LogP contribution in [0.4, 0.5) is 11.4 Å². The highest BCUT2D eigenvalue weighted by Gasteiger charge is 2.20. The van der Waals surface area contributed by atoms with Crippen molar-refractivity contribution in [3.63, 3.8) is 0 Å². The van der Waals surface area contributed by atoms with Crippen molar-refractivity contribution in [1.29, 1.82) is 0 Å². The van der Waals surface area contributed by atoms with Crippen molar-refractivity contribution in [1.82, 2.24) is 9.88 Å². The molecule has 0 aliphatic carbocycles. The van der Waals surface area contributed by atoms with Gasteiger partial charge in [0.2, 0.25) is 5.91 Å². The largest absolute Gasteiger partial charge is 0.334 e. The molecule has 2 N–H and O–H groups in total. The Kier molecular flexibility index (Phi) is 6.84. The number of pyridine rings is 1. The lowest BCUT2D eigenvalue weighted by Gasteiger charge is -2.20. The van der Waals surface area contributed by atoms with Crippen LogP contribution < -0.4 is 10.6 Å². The Bertz CT molecular complexity index is 760. The van der Waals surface area contributed by atoms with E-state index in [4.69, 9.17) is 0 Å². The number of anilines is 2. The summed E-state index contributed by atoms with van der Waals surface area (Å²) < 4.78 is 0. The van der Waals surface area contributed by atoms with E-state index in [9.17, 15) is 14.4 Å². The van der Waals surface area contributed by atoms with E-state index >= 15 is 0 Å². The molecule has 0 unspecified atom stereocenters. The predicted octanol–water partition coefficient (Wildman–Crippen LogP) is 2.07. The molecule has 0 bridgehead atoms. The average Bonchev–Trinajstić information content (AvgIpc) is 2.64. The van der Waals surface area contributed by atoms with Crippen molar-refractivity contribution in [3.8, 4) is 0 Å². The van der Waals surface area contributed by atoms with Crippen LogP contribution in [0.25, 0.3) is 0 Å². The lowest BCUT2D eigenvalue weighted by Crippen LogP contribution is -2.40. The van der Waals surface area contributed by atoms with Gasteiger partial charge in [-0.3, -0.25) is 19.4 Å². The Morgan fingerprint density at radius 3 is 2.08 bits per heavy atom. The number of amides is 3. The first kappa shape index (κ1) is 19.1. The van der Waals surface area contributed by atoms with Crippen LogP contribution in [0.2, 0.25) is 0 Å². The minimum Gasteiger partial charge on any atom is -0.334 e. The van der Waals surface area contributed by atoms with Crippen LogP contribution in [0.15, 0.2) is 48.8 Å². The first-order valence-corrected chi connectivity index (χ1v) is 8.36. The summed E-state index contributed by atoms with van der Waals surface area (Å²) in [5.74, 6) is -1.44. The highest BCUT2D eigenvalue weighted by Crippen LogP contribution is 2.13. The summed E-state index contributed by atoms with van der Waals surface area (Å²) in [6, 6.07) is 10.3. The number of benzene rings is 1. The van der Waals surface area contributed by atoms with E-state index in [0.717, 1.165) is 5.56 Å². The van der Waals surface area contributed by atoms with Gasteiger partial charge in [-0.1, -0.05) is 0 Å². The number of hydrogen-bond acceptors (Lipinski definition) is 4.